The van der Waals surface area contributed by atoms with Crippen molar-refractivity contribution in [1.29, 1.82) is 0 Å². The number of nitrogens with zero attached hydrogens (tertiary/aromatic N) is 1. The van der Waals surface area contributed by atoms with Crippen LogP contribution in [0.25, 0.3) is 0 Å². The molecule has 17 heavy (non-hydrogen) atoms. The smallest absolute Gasteiger partial charge is 0.330 e. The normalized spacial score (nSPS) is 18.2. The van der Waals surface area contributed by atoms with Crippen LogP contribution in [0.15, 0.2) is 12.3 Å². The van der Waals surface area contributed by atoms with Crippen LogP contribution in [-0.4, -0.2) is 11.5 Å². The Hall–Kier alpha value is -0.810. The Morgan fingerprint density at radius 3 is 2.53 bits per heavy atom. The van der Waals surface area contributed by atoms with E-state index in [2.05, 4.69) is 4.98 Å². The Balaban J connectivity index is 2.40. The van der Waals surface area contributed by atoms with Crippen LogP contribution in [-0.2, 0) is 11.6 Å². The SMILES string of the molecule is NCCC1(c2cc(C(F)(F)F)cnc2Cl)CC1. The van der Waals surface area contributed by atoms with Gasteiger partial charge in [0.1, 0.15) is 5.15 Å². The molecule has 0 bridgehead atoms. The molecule has 0 atom stereocenters. The average molecular weight is 265 g/mol. The number of pyridine rings is 1. The van der Waals surface area contributed by atoms with E-state index < -0.39 is 11.7 Å². The highest BCUT2D eigenvalue weighted by molar-refractivity contribution is 6.30. The summed E-state index contributed by atoms with van der Waals surface area (Å²) in [5.74, 6) is 0. The van der Waals surface area contributed by atoms with Crippen molar-refractivity contribution < 1.29 is 13.2 Å². The highest BCUT2D eigenvalue weighted by atomic mass is 35.5. The second-order valence-corrected chi connectivity index (χ2v) is 4.74. The first-order chi connectivity index (χ1) is 7.89. The third-order valence-corrected chi connectivity index (χ3v) is 3.52. The average Bonchev–Trinajstić information content (AvgIpc) is 2.98. The number of nitrogens with two attached hydrogens (primary N) is 1. The molecule has 6 heteroatoms. The van der Waals surface area contributed by atoms with Crippen LogP contribution in [0.4, 0.5) is 13.2 Å². The van der Waals surface area contributed by atoms with E-state index >= 15 is 0 Å². The molecule has 1 saturated carbocycles. The quantitative estimate of drug-likeness (QED) is 0.852. The minimum Gasteiger partial charge on any atom is -0.330 e. The number of rotatable bonds is 3. The van der Waals surface area contributed by atoms with Gasteiger partial charge in [-0.15, -0.1) is 0 Å². The Morgan fingerprint density at radius 2 is 2.06 bits per heavy atom. The predicted molar refractivity (Wildman–Crippen MR) is 58.8 cm³/mol. The van der Waals surface area contributed by atoms with Crippen molar-refractivity contribution in [1.82, 2.24) is 4.98 Å². The molecule has 1 heterocycles. The van der Waals surface area contributed by atoms with E-state index in [1.165, 1.54) is 0 Å². The van der Waals surface area contributed by atoms with E-state index in [0.717, 1.165) is 25.1 Å². The highest BCUT2D eigenvalue weighted by Gasteiger charge is 2.46. The molecule has 0 aromatic carbocycles. The molecule has 0 aliphatic heterocycles. The zero-order valence-electron chi connectivity index (χ0n) is 9.02. The van der Waals surface area contributed by atoms with E-state index in [1.54, 1.807) is 0 Å². The summed E-state index contributed by atoms with van der Waals surface area (Å²) in [5, 5.41) is 0.156. The Labute approximate surface area is 102 Å². The molecule has 2 rings (SSSR count). The molecule has 0 saturated heterocycles. The molecule has 0 unspecified atom stereocenters. The van der Waals surface area contributed by atoms with E-state index in [-0.39, 0.29) is 10.6 Å². The number of alkyl halides is 3. The van der Waals surface area contributed by atoms with E-state index in [4.69, 9.17) is 17.3 Å². The molecule has 1 aliphatic rings. The standard InChI is InChI=1S/C11H12ClF3N2/c12-9-8(10(1-2-10)3-4-16)5-7(6-17-9)11(13,14)15/h5-6H,1-4,16H2. The summed E-state index contributed by atoms with van der Waals surface area (Å²) in [7, 11) is 0. The second kappa shape index (κ2) is 4.14. The fraction of sp³-hybridized carbons (Fsp3) is 0.545. The third kappa shape index (κ3) is 2.40. The van der Waals surface area contributed by atoms with Gasteiger partial charge in [-0.1, -0.05) is 11.6 Å². The summed E-state index contributed by atoms with van der Waals surface area (Å²) in [4.78, 5) is 3.64. The van der Waals surface area contributed by atoms with Gasteiger partial charge >= 0.3 is 6.18 Å². The number of hydrogen-bond acceptors (Lipinski definition) is 2. The largest absolute Gasteiger partial charge is 0.417 e. The van der Waals surface area contributed by atoms with Crippen LogP contribution in [0.2, 0.25) is 5.15 Å². The highest BCUT2D eigenvalue weighted by Crippen LogP contribution is 2.53. The summed E-state index contributed by atoms with van der Waals surface area (Å²) in [6.07, 6.45) is -1.31. The van der Waals surface area contributed by atoms with Gasteiger partial charge in [-0.2, -0.15) is 13.2 Å². The number of halogens is 4. The molecule has 0 amide bonds. The number of aromatic nitrogens is 1. The van der Waals surface area contributed by atoms with Gasteiger partial charge in [-0.25, -0.2) is 4.98 Å². The molecule has 2 nitrogen and oxygen atoms in total. The van der Waals surface area contributed by atoms with Crippen molar-refractivity contribution in [2.45, 2.75) is 30.9 Å². The topological polar surface area (TPSA) is 38.9 Å². The van der Waals surface area contributed by atoms with Gasteiger partial charge in [-0.3, -0.25) is 0 Å². The molecule has 2 N–H and O–H groups in total. The van der Waals surface area contributed by atoms with Gasteiger partial charge in [0.05, 0.1) is 5.56 Å². The van der Waals surface area contributed by atoms with Crippen molar-refractivity contribution in [2.75, 3.05) is 6.54 Å². The van der Waals surface area contributed by atoms with Gasteiger partial charge < -0.3 is 5.73 Å². The zero-order valence-corrected chi connectivity index (χ0v) is 9.78. The molecule has 0 radical (unpaired) electrons. The molecule has 1 aromatic rings. The van der Waals surface area contributed by atoms with Gasteiger partial charge in [0.25, 0.3) is 0 Å². The zero-order chi connectivity index (χ0) is 12.7. The monoisotopic (exact) mass is 264 g/mol. The molecular weight excluding hydrogens is 253 g/mol. The first kappa shape index (κ1) is 12.6. The van der Waals surface area contributed by atoms with Gasteiger partial charge in [0.15, 0.2) is 0 Å². The summed E-state index contributed by atoms with van der Waals surface area (Å²) in [6.45, 7) is 0.437. The number of hydrogen-bond donors (Lipinski definition) is 1. The maximum Gasteiger partial charge on any atom is 0.417 e. The lowest BCUT2D eigenvalue weighted by Gasteiger charge is -2.17. The lowest BCUT2D eigenvalue weighted by molar-refractivity contribution is -0.137. The molecule has 0 spiro atoms. The summed E-state index contributed by atoms with van der Waals surface area (Å²) >= 11 is 5.89. The molecule has 1 aliphatic carbocycles. The first-order valence-corrected chi connectivity index (χ1v) is 5.70. The van der Waals surface area contributed by atoms with Crippen molar-refractivity contribution in [3.8, 4) is 0 Å². The van der Waals surface area contributed by atoms with Crippen molar-refractivity contribution in [3.63, 3.8) is 0 Å². The lowest BCUT2D eigenvalue weighted by Crippen LogP contribution is -2.16. The van der Waals surface area contributed by atoms with Crippen LogP contribution in [0.5, 0.6) is 0 Å². The van der Waals surface area contributed by atoms with Gasteiger partial charge in [0, 0.05) is 6.20 Å². The lowest BCUT2D eigenvalue weighted by atomic mass is 9.93. The van der Waals surface area contributed by atoms with Crippen LogP contribution < -0.4 is 5.73 Å². The van der Waals surface area contributed by atoms with Crippen molar-refractivity contribution >= 4 is 11.6 Å². The van der Waals surface area contributed by atoms with E-state index in [9.17, 15) is 13.2 Å². The maximum absolute atomic E-state index is 12.6. The van der Waals surface area contributed by atoms with E-state index in [1.807, 2.05) is 0 Å². The molecule has 1 fully saturated rings. The van der Waals surface area contributed by atoms with E-state index in [0.29, 0.717) is 18.5 Å². The predicted octanol–water partition coefficient (Wildman–Crippen LogP) is 3.13. The van der Waals surface area contributed by atoms with Crippen LogP contribution in [0, 0.1) is 0 Å². The summed E-state index contributed by atoms with van der Waals surface area (Å²) in [5.41, 5.74) is 4.94. The minimum atomic E-state index is -4.38. The van der Waals surface area contributed by atoms with Gasteiger partial charge in [-0.05, 0) is 42.9 Å². The van der Waals surface area contributed by atoms with Crippen molar-refractivity contribution in [2.24, 2.45) is 5.73 Å². The minimum absolute atomic E-state index is 0.156. The Bertz CT molecular complexity index is 427. The molecule has 94 valence electrons. The van der Waals surface area contributed by atoms with Crippen LogP contribution >= 0.6 is 11.6 Å². The second-order valence-electron chi connectivity index (χ2n) is 4.38. The molecular formula is C11H12ClF3N2. The first-order valence-electron chi connectivity index (χ1n) is 5.32. The van der Waals surface area contributed by atoms with Crippen LogP contribution in [0.3, 0.4) is 0 Å². The van der Waals surface area contributed by atoms with Gasteiger partial charge in [0.2, 0.25) is 0 Å². The Morgan fingerprint density at radius 1 is 1.41 bits per heavy atom. The third-order valence-electron chi connectivity index (χ3n) is 3.21. The summed E-state index contributed by atoms with van der Waals surface area (Å²) < 4.78 is 37.8. The molecule has 1 aromatic heterocycles. The van der Waals surface area contributed by atoms with Crippen LogP contribution in [0.1, 0.15) is 30.4 Å². The summed E-state index contributed by atoms with van der Waals surface area (Å²) in [6, 6.07) is 1.11. The Kier molecular flexibility index (Phi) is 3.08. The fourth-order valence-electron chi connectivity index (χ4n) is 2.06. The maximum atomic E-state index is 12.6. The van der Waals surface area contributed by atoms with Crippen molar-refractivity contribution in [3.05, 3.63) is 28.5 Å². The fourth-order valence-corrected chi connectivity index (χ4v) is 2.36.